The molecular formula is C13H22N4O2. The lowest BCUT2D eigenvalue weighted by molar-refractivity contribution is 0.114. The van der Waals surface area contributed by atoms with Gasteiger partial charge in [0.25, 0.3) is 0 Å². The predicted molar refractivity (Wildman–Crippen MR) is 75.4 cm³/mol. The first-order valence-corrected chi connectivity index (χ1v) is 6.31. The summed E-state index contributed by atoms with van der Waals surface area (Å²) in [6.07, 6.45) is 3.37. The fourth-order valence-corrected chi connectivity index (χ4v) is 1.50. The lowest BCUT2D eigenvalue weighted by Gasteiger charge is -2.13. The molecule has 1 aromatic heterocycles. The standard InChI is InChI=1S/C13H22N4O2/c1-5-16-19-11(3)6-12-7-13(15-9-14-12)17-10(2)8-18-4/h6-7,9-10,16H,5,8H2,1-4H3,(H,14,15,17)/b11-6+/t10-/m1/s1. The SMILES string of the molecule is CCNO/C(C)=C/c1cc(N[C@H](C)COC)ncn1. The van der Waals surface area contributed by atoms with Crippen molar-refractivity contribution in [3.8, 4) is 0 Å². The average Bonchev–Trinajstić information content (AvgIpc) is 2.37. The number of hydrogen-bond donors (Lipinski definition) is 2. The zero-order valence-corrected chi connectivity index (χ0v) is 11.9. The van der Waals surface area contributed by atoms with E-state index in [9.17, 15) is 0 Å². The third-order valence-electron chi connectivity index (χ3n) is 2.23. The van der Waals surface area contributed by atoms with E-state index in [-0.39, 0.29) is 6.04 Å². The summed E-state index contributed by atoms with van der Waals surface area (Å²) < 4.78 is 5.07. The maximum atomic E-state index is 5.26. The second kappa shape index (κ2) is 8.44. The summed E-state index contributed by atoms with van der Waals surface area (Å²) in [5.74, 6) is 1.51. The Balaban J connectivity index is 2.66. The second-order valence-corrected chi connectivity index (χ2v) is 4.18. The number of nitrogens with zero attached hydrogens (tertiary/aromatic N) is 2. The van der Waals surface area contributed by atoms with E-state index in [1.54, 1.807) is 7.11 Å². The fraction of sp³-hybridized carbons (Fsp3) is 0.538. The van der Waals surface area contributed by atoms with Crippen LogP contribution in [0.5, 0.6) is 0 Å². The van der Waals surface area contributed by atoms with E-state index in [1.807, 2.05) is 32.9 Å². The average molecular weight is 266 g/mol. The van der Waals surface area contributed by atoms with Crippen molar-refractivity contribution in [3.05, 3.63) is 23.8 Å². The number of methoxy groups -OCH3 is 1. The molecule has 0 aliphatic rings. The Morgan fingerprint density at radius 2 is 2.26 bits per heavy atom. The zero-order valence-electron chi connectivity index (χ0n) is 11.9. The molecule has 0 unspecified atom stereocenters. The maximum absolute atomic E-state index is 5.26. The summed E-state index contributed by atoms with van der Waals surface area (Å²) in [5, 5.41) is 3.24. The van der Waals surface area contributed by atoms with Crippen molar-refractivity contribution < 1.29 is 9.57 Å². The zero-order chi connectivity index (χ0) is 14.1. The molecule has 0 radical (unpaired) electrons. The van der Waals surface area contributed by atoms with E-state index in [0.29, 0.717) is 6.61 Å². The highest BCUT2D eigenvalue weighted by Gasteiger charge is 2.03. The molecule has 1 aromatic rings. The Labute approximate surface area is 114 Å². The van der Waals surface area contributed by atoms with Crippen LogP contribution < -0.4 is 10.8 Å². The summed E-state index contributed by atoms with van der Waals surface area (Å²) in [5.41, 5.74) is 3.58. The molecule has 1 heterocycles. The molecule has 0 spiro atoms. The van der Waals surface area contributed by atoms with Gasteiger partial charge in [0.05, 0.1) is 12.3 Å². The molecular weight excluding hydrogens is 244 g/mol. The van der Waals surface area contributed by atoms with Crippen LogP contribution in [0.1, 0.15) is 26.5 Å². The molecule has 106 valence electrons. The van der Waals surface area contributed by atoms with Crippen LogP contribution in [0, 0.1) is 0 Å². The molecule has 0 saturated heterocycles. The van der Waals surface area contributed by atoms with E-state index in [2.05, 4.69) is 20.8 Å². The Kier molecular flexibility index (Phi) is 6.84. The van der Waals surface area contributed by atoms with Crippen LogP contribution in [-0.2, 0) is 9.57 Å². The van der Waals surface area contributed by atoms with Crippen LogP contribution in [0.3, 0.4) is 0 Å². The van der Waals surface area contributed by atoms with Crippen molar-refractivity contribution in [3.63, 3.8) is 0 Å². The molecule has 0 bridgehead atoms. The highest BCUT2D eigenvalue weighted by atomic mass is 16.6. The molecule has 0 aliphatic heterocycles. The molecule has 0 aliphatic carbocycles. The number of hydroxylamine groups is 1. The number of rotatable bonds is 8. The quantitative estimate of drug-likeness (QED) is 0.552. The summed E-state index contributed by atoms with van der Waals surface area (Å²) in [6.45, 7) is 7.23. The van der Waals surface area contributed by atoms with Gasteiger partial charge in [0, 0.05) is 31.8 Å². The fourth-order valence-electron chi connectivity index (χ4n) is 1.50. The Morgan fingerprint density at radius 1 is 1.47 bits per heavy atom. The van der Waals surface area contributed by atoms with Gasteiger partial charge in [-0.2, -0.15) is 5.48 Å². The first kappa shape index (κ1) is 15.4. The van der Waals surface area contributed by atoms with Gasteiger partial charge in [-0.1, -0.05) is 0 Å². The van der Waals surface area contributed by atoms with Gasteiger partial charge in [0.2, 0.25) is 0 Å². The van der Waals surface area contributed by atoms with Crippen LogP contribution in [0.2, 0.25) is 0 Å². The third kappa shape index (κ3) is 6.17. The summed E-state index contributed by atoms with van der Waals surface area (Å²) in [4.78, 5) is 13.6. The van der Waals surface area contributed by atoms with E-state index >= 15 is 0 Å². The van der Waals surface area contributed by atoms with Crippen LogP contribution in [-0.4, -0.2) is 36.3 Å². The molecule has 0 aromatic carbocycles. The van der Waals surface area contributed by atoms with Crippen LogP contribution in [0.15, 0.2) is 18.2 Å². The van der Waals surface area contributed by atoms with Gasteiger partial charge >= 0.3 is 0 Å². The Hall–Kier alpha value is -1.66. The lowest BCUT2D eigenvalue weighted by atomic mass is 10.3. The maximum Gasteiger partial charge on any atom is 0.130 e. The molecule has 19 heavy (non-hydrogen) atoms. The molecule has 1 rings (SSSR count). The molecule has 6 heteroatoms. The monoisotopic (exact) mass is 266 g/mol. The van der Waals surface area contributed by atoms with Crippen LogP contribution in [0.4, 0.5) is 5.82 Å². The highest BCUT2D eigenvalue weighted by molar-refractivity contribution is 5.51. The molecule has 2 N–H and O–H groups in total. The van der Waals surface area contributed by atoms with Crippen LogP contribution in [0.25, 0.3) is 6.08 Å². The van der Waals surface area contributed by atoms with Gasteiger partial charge in [-0.25, -0.2) is 9.97 Å². The van der Waals surface area contributed by atoms with Crippen molar-refractivity contribution in [2.24, 2.45) is 0 Å². The van der Waals surface area contributed by atoms with E-state index in [4.69, 9.17) is 9.57 Å². The predicted octanol–water partition coefficient (Wildman–Crippen LogP) is 1.83. The normalized spacial score (nSPS) is 13.2. The Bertz CT molecular complexity index is 409. The van der Waals surface area contributed by atoms with E-state index in [0.717, 1.165) is 23.8 Å². The first-order valence-electron chi connectivity index (χ1n) is 6.31. The van der Waals surface area contributed by atoms with Gasteiger partial charge in [0.1, 0.15) is 17.9 Å². The summed E-state index contributed by atoms with van der Waals surface area (Å²) in [7, 11) is 1.67. The first-order chi connectivity index (χ1) is 9.15. The van der Waals surface area contributed by atoms with Crippen molar-refractivity contribution >= 4 is 11.9 Å². The van der Waals surface area contributed by atoms with Gasteiger partial charge in [-0.05, 0) is 20.8 Å². The number of anilines is 1. The third-order valence-corrected chi connectivity index (χ3v) is 2.23. The van der Waals surface area contributed by atoms with E-state index < -0.39 is 0 Å². The molecule has 6 nitrogen and oxygen atoms in total. The number of aromatic nitrogens is 2. The molecule has 0 saturated carbocycles. The smallest absolute Gasteiger partial charge is 0.130 e. The number of ether oxygens (including phenoxy) is 1. The second-order valence-electron chi connectivity index (χ2n) is 4.18. The van der Waals surface area contributed by atoms with Crippen molar-refractivity contribution in [2.45, 2.75) is 26.8 Å². The van der Waals surface area contributed by atoms with Gasteiger partial charge in [0.15, 0.2) is 0 Å². The largest absolute Gasteiger partial charge is 0.413 e. The summed E-state index contributed by atoms with van der Waals surface area (Å²) in [6, 6.07) is 2.06. The van der Waals surface area contributed by atoms with Crippen LogP contribution >= 0.6 is 0 Å². The topological polar surface area (TPSA) is 68.3 Å². The number of nitrogens with one attached hydrogen (secondary N) is 2. The summed E-state index contributed by atoms with van der Waals surface area (Å²) >= 11 is 0. The van der Waals surface area contributed by atoms with Gasteiger partial charge in [-0.3, -0.25) is 0 Å². The minimum absolute atomic E-state index is 0.191. The minimum atomic E-state index is 0.191. The molecule has 1 atom stereocenters. The Morgan fingerprint density at radius 3 is 2.95 bits per heavy atom. The van der Waals surface area contributed by atoms with Gasteiger partial charge in [-0.15, -0.1) is 0 Å². The van der Waals surface area contributed by atoms with Crippen molar-refractivity contribution in [1.82, 2.24) is 15.4 Å². The van der Waals surface area contributed by atoms with E-state index in [1.165, 1.54) is 6.33 Å². The van der Waals surface area contributed by atoms with Crippen molar-refractivity contribution in [1.29, 1.82) is 0 Å². The van der Waals surface area contributed by atoms with Gasteiger partial charge < -0.3 is 14.9 Å². The number of hydrogen-bond acceptors (Lipinski definition) is 6. The minimum Gasteiger partial charge on any atom is -0.413 e. The van der Waals surface area contributed by atoms with Crippen molar-refractivity contribution in [2.75, 3.05) is 25.6 Å². The molecule has 0 fully saturated rings. The highest BCUT2D eigenvalue weighted by Crippen LogP contribution is 2.09. The number of allylic oxidation sites excluding steroid dienone is 1. The molecule has 0 amide bonds. The lowest BCUT2D eigenvalue weighted by Crippen LogP contribution is -2.21.